The van der Waals surface area contributed by atoms with Gasteiger partial charge < -0.3 is 15.0 Å². The van der Waals surface area contributed by atoms with Crippen LogP contribution in [0.5, 0.6) is 5.75 Å². The fourth-order valence-corrected chi connectivity index (χ4v) is 4.90. The largest absolute Gasteiger partial charge is 0.493 e. The average molecular weight is 472 g/mol. The van der Waals surface area contributed by atoms with E-state index in [1.807, 2.05) is 24.3 Å². The number of rotatable bonds is 8. The first kappa shape index (κ1) is 24.5. The van der Waals surface area contributed by atoms with Crippen molar-refractivity contribution >= 4 is 6.03 Å². The van der Waals surface area contributed by atoms with E-state index in [0.29, 0.717) is 25.5 Å². The second-order valence-corrected chi connectivity index (χ2v) is 9.81. The number of hydrogen-bond donors (Lipinski definition) is 1. The highest BCUT2D eigenvalue weighted by Crippen LogP contribution is 2.32. The summed E-state index contributed by atoms with van der Waals surface area (Å²) in [5.41, 5.74) is 1.72. The van der Waals surface area contributed by atoms with E-state index in [9.17, 15) is 9.18 Å². The Hall–Kier alpha value is -2.67. The molecule has 2 aromatic rings. The van der Waals surface area contributed by atoms with Crippen molar-refractivity contribution < 1.29 is 18.3 Å². The predicted molar refractivity (Wildman–Crippen MR) is 129 cm³/mol. The molecule has 0 saturated carbocycles. The van der Waals surface area contributed by atoms with Crippen molar-refractivity contribution in [3.63, 3.8) is 0 Å². The molecule has 5 nitrogen and oxygen atoms in total. The van der Waals surface area contributed by atoms with Gasteiger partial charge in [-0.25, -0.2) is 13.6 Å². The third-order valence-corrected chi connectivity index (χ3v) is 6.74. The number of alkyl halides is 1. The fourth-order valence-electron chi connectivity index (χ4n) is 4.90. The molecule has 1 N–H and O–H groups in total. The third-order valence-electron chi connectivity index (χ3n) is 6.74. The van der Waals surface area contributed by atoms with Crippen molar-refractivity contribution in [2.24, 2.45) is 5.92 Å². The van der Waals surface area contributed by atoms with Crippen LogP contribution in [0.25, 0.3) is 0 Å². The Morgan fingerprint density at radius 1 is 1.09 bits per heavy atom. The van der Waals surface area contributed by atoms with E-state index in [1.165, 1.54) is 12.1 Å². The van der Waals surface area contributed by atoms with Gasteiger partial charge in [0.05, 0.1) is 12.6 Å². The van der Waals surface area contributed by atoms with Crippen LogP contribution in [0.2, 0.25) is 0 Å². The molecule has 0 radical (unpaired) electrons. The molecule has 2 aliphatic rings. The molecule has 0 bridgehead atoms. The van der Waals surface area contributed by atoms with E-state index in [-0.39, 0.29) is 24.4 Å². The molecule has 3 atom stereocenters. The summed E-state index contributed by atoms with van der Waals surface area (Å²) < 4.78 is 34.6. The zero-order valence-corrected chi connectivity index (χ0v) is 20.1. The molecule has 7 heteroatoms. The summed E-state index contributed by atoms with van der Waals surface area (Å²) in [6.45, 7) is 7.15. The summed E-state index contributed by atoms with van der Waals surface area (Å²) in [4.78, 5) is 17.2. The summed E-state index contributed by atoms with van der Waals surface area (Å²) in [5, 5.41) is 2.92. The smallest absolute Gasteiger partial charge is 0.318 e. The van der Waals surface area contributed by atoms with Gasteiger partial charge in [-0.3, -0.25) is 4.90 Å². The van der Waals surface area contributed by atoms with Gasteiger partial charge in [-0.1, -0.05) is 38.1 Å². The highest BCUT2D eigenvalue weighted by Gasteiger charge is 2.44. The Kier molecular flexibility index (Phi) is 8.03. The molecular weight excluding hydrogens is 436 g/mol. The molecular formula is C27H35F2N3O2. The Morgan fingerprint density at radius 2 is 1.79 bits per heavy atom. The van der Waals surface area contributed by atoms with Gasteiger partial charge in [-0.15, -0.1) is 0 Å². The van der Waals surface area contributed by atoms with Crippen molar-refractivity contribution in [2.75, 3.05) is 19.7 Å². The van der Waals surface area contributed by atoms with Gasteiger partial charge in [0.1, 0.15) is 17.7 Å². The summed E-state index contributed by atoms with van der Waals surface area (Å²) >= 11 is 0. The number of urea groups is 1. The van der Waals surface area contributed by atoms with Gasteiger partial charge in [0.2, 0.25) is 0 Å². The predicted octanol–water partition coefficient (Wildman–Crippen LogP) is 5.15. The van der Waals surface area contributed by atoms with Gasteiger partial charge in [-0.05, 0) is 67.1 Å². The number of nitrogens with one attached hydrogen (secondary N) is 1. The molecule has 0 aromatic heterocycles. The Bertz CT molecular complexity index is 936. The average Bonchev–Trinajstić information content (AvgIpc) is 3.32. The SMILES string of the molecule is CC(C)COc1ccc(CN(C(=O)NCc2ccc(F)cc2)[C@H]2CCN3CCC[C@@H]3[C@H]2F)cc1. The van der Waals surface area contributed by atoms with Crippen molar-refractivity contribution in [2.45, 2.75) is 64.5 Å². The van der Waals surface area contributed by atoms with Gasteiger partial charge in [-0.2, -0.15) is 0 Å². The first-order valence-electron chi connectivity index (χ1n) is 12.3. The Labute approximate surface area is 201 Å². The standard InChI is InChI=1S/C27H35F2N3O2/c1-19(2)18-34-23-11-7-21(8-12-23)17-32(25-13-15-31-14-3-4-24(31)26(25)29)27(33)30-16-20-5-9-22(28)10-6-20/h5-12,19,24-26H,3-4,13-18H2,1-2H3,(H,30,33)/t24-,25+,26-/m1/s1. The molecule has 34 heavy (non-hydrogen) atoms. The minimum Gasteiger partial charge on any atom is -0.493 e. The van der Waals surface area contributed by atoms with Crippen molar-refractivity contribution in [1.82, 2.24) is 15.1 Å². The first-order chi connectivity index (χ1) is 16.4. The highest BCUT2D eigenvalue weighted by atomic mass is 19.1. The third kappa shape index (κ3) is 6.06. The van der Waals surface area contributed by atoms with Crippen LogP contribution < -0.4 is 10.1 Å². The molecule has 2 fully saturated rings. The lowest BCUT2D eigenvalue weighted by atomic mass is 9.93. The summed E-state index contributed by atoms with van der Waals surface area (Å²) in [6.07, 6.45) is 1.37. The van der Waals surface area contributed by atoms with Gasteiger partial charge in [0.15, 0.2) is 0 Å². The summed E-state index contributed by atoms with van der Waals surface area (Å²) in [6, 6.07) is 12.8. The van der Waals surface area contributed by atoms with Crippen LogP contribution in [0, 0.1) is 11.7 Å². The zero-order chi connectivity index (χ0) is 24.1. The zero-order valence-electron chi connectivity index (χ0n) is 20.1. The number of ether oxygens (including phenoxy) is 1. The Morgan fingerprint density at radius 3 is 2.50 bits per heavy atom. The number of halogens is 2. The number of hydrogen-bond acceptors (Lipinski definition) is 3. The van der Waals surface area contributed by atoms with E-state index in [2.05, 4.69) is 24.1 Å². The van der Waals surface area contributed by atoms with E-state index in [1.54, 1.807) is 17.0 Å². The monoisotopic (exact) mass is 471 g/mol. The molecule has 0 unspecified atom stereocenters. The maximum atomic E-state index is 15.6. The van der Waals surface area contributed by atoms with E-state index >= 15 is 4.39 Å². The topological polar surface area (TPSA) is 44.8 Å². The molecule has 2 aliphatic heterocycles. The summed E-state index contributed by atoms with van der Waals surface area (Å²) in [7, 11) is 0. The number of amides is 2. The van der Waals surface area contributed by atoms with Crippen LogP contribution >= 0.6 is 0 Å². The molecule has 0 spiro atoms. The maximum absolute atomic E-state index is 15.6. The van der Waals surface area contributed by atoms with Gasteiger partial charge in [0.25, 0.3) is 0 Å². The number of piperidine rings is 1. The quantitative estimate of drug-likeness (QED) is 0.579. The van der Waals surface area contributed by atoms with Gasteiger partial charge in [0, 0.05) is 25.7 Å². The molecule has 2 aromatic carbocycles. The van der Waals surface area contributed by atoms with Crippen LogP contribution in [0.3, 0.4) is 0 Å². The van der Waals surface area contributed by atoms with Crippen molar-refractivity contribution in [1.29, 1.82) is 0 Å². The number of nitrogens with zero attached hydrogens (tertiary/aromatic N) is 2. The molecule has 184 valence electrons. The second kappa shape index (κ2) is 11.2. The minimum absolute atomic E-state index is 0.113. The van der Waals surface area contributed by atoms with Gasteiger partial charge >= 0.3 is 6.03 Å². The fraction of sp³-hybridized carbons (Fsp3) is 0.519. The van der Waals surface area contributed by atoms with Crippen LogP contribution in [0.15, 0.2) is 48.5 Å². The lowest BCUT2D eigenvalue weighted by Gasteiger charge is -2.43. The maximum Gasteiger partial charge on any atom is 0.318 e. The van der Waals surface area contributed by atoms with E-state index in [0.717, 1.165) is 42.8 Å². The Balaban J connectivity index is 1.47. The lowest BCUT2D eigenvalue weighted by Crippen LogP contribution is -2.58. The first-order valence-corrected chi connectivity index (χ1v) is 12.3. The normalized spacial score (nSPS) is 22.4. The van der Waals surface area contributed by atoms with Crippen molar-refractivity contribution in [3.8, 4) is 5.75 Å². The number of carbonyl (C=O) groups excluding carboxylic acids is 1. The molecule has 2 saturated heterocycles. The second-order valence-electron chi connectivity index (χ2n) is 9.81. The number of benzene rings is 2. The van der Waals surface area contributed by atoms with E-state index in [4.69, 9.17) is 4.74 Å². The number of fused-ring (bicyclic) bond motifs is 1. The van der Waals surface area contributed by atoms with Crippen LogP contribution in [-0.2, 0) is 13.1 Å². The molecule has 2 heterocycles. The minimum atomic E-state index is -1.08. The number of carbonyl (C=O) groups is 1. The molecule has 0 aliphatic carbocycles. The van der Waals surface area contributed by atoms with Crippen LogP contribution in [0.4, 0.5) is 13.6 Å². The highest BCUT2D eigenvalue weighted by molar-refractivity contribution is 5.74. The van der Waals surface area contributed by atoms with E-state index < -0.39 is 12.2 Å². The summed E-state index contributed by atoms with van der Waals surface area (Å²) in [5.74, 6) is 0.899. The molecule has 4 rings (SSSR count). The van der Waals surface area contributed by atoms with Crippen LogP contribution in [-0.4, -0.2) is 53.8 Å². The molecule has 2 amide bonds. The van der Waals surface area contributed by atoms with Crippen molar-refractivity contribution in [3.05, 3.63) is 65.5 Å². The van der Waals surface area contributed by atoms with Crippen LogP contribution in [0.1, 0.15) is 44.2 Å². The lowest BCUT2D eigenvalue weighted by molar-refractivity contribution is 0.0200.